The number of nitrogens with one attached hydrogen (secondary N) is 1. The van der Waals surface area contributed by atoms with Gasteiger partial charge in [-0.3, -0.25) is 0 Å². The maximum Gasteiger partial charge on any atom is 0.242 e. The summed E-state index contributed by atoms with van der Waals surface area (Å²) < 4.78 is 11.8. The van der Waals surface area contributed by atoms with Gasteiger partial charge in [0.2, 0.25) is 5.95 Å². The molecule has 0 saturated carbocycles. The van der Waals surface area contributed by atoms with E-state index in [-0.39, 0.29) is 0 Å². The summed E-state index contributed by atoms with van der Waals surface area (Å²) in [5, 5.41) is 14.2. The van der Waals surface area contributed by atoms with Gasteiger partial charge in [0.05, 0.1) is 13.2 Å². The van der Waals surface area contributed by atoms with Gasteiger partial charge in [-0.05, 0) is 23.3 Å². The van der Waals surface area contributed by atoms with E-state index in [0.717, 1.165) is 26.0 Å². The quantitative estimate of drug-likeness (QED) is 0.604. The van der Waals surface area contributed by atoms with Gasteiger partial charge in [0.15, 0.2) is 0 Å². The predicted octanol–water partition coefficient (Wildman–Crippen LogP) is 0.0652. The van der Waals surface area contributed by atoms with Crippen LogP contribution in [0.2, 0.25) is 0 Å². The Bertz CT molecular complexity index is 279. The Morgan fingerprint density at radius 3 is 2.81 bits per heavy atom. The van der Waals surface area contributed by atoms with Gasteiger partial charge in [-0.1, -0.05) is 5.10 Å². The van der Waals surface area contributed by atoms with Crippen LogP contribution in [0.3, 0.4) is 0 Å². The zero-order valence-corrected chi connectivity index (χ0v) is 9.85. The fraction of sp³-hybridized carbons (Fsp3) is 0.889. The van der Waals surface area contributed by atoms with E-state index in [2.05, 4.69) is 20.8 Å². The summed E-state index contributed by atoms with van der Waals surface area (Å²) in [6, 6.07) is 0. The van der Waals surface area contributed by atoms with Crippen LogP contribution in [0.15, 0.2) is 0 Å². The molecule has 0 aliphatic rings. The summed E-state index contributed by atoms with van der Waals surface area (Å²) in [6.45, 7) is 2.93. The summed E-state index contributed by atoms with van der Waals surface area (Å²) in [4.78, 5) is 0. The van der Waals surface area contributed by atoms with Crippen LogP contribution >= 0.6 is 0 Å². The van der Waals surface area contributed by atoms with Crippen LogP contribution in [0.25, 0.3) is 0 Å². The van der Waals surface area contributed by atoms with Crippen LogP contribution in [0.4, 0.5) is 5.95 Å². The van der Waals surface area contributed by atoms with E-state index in [1.807, 2.05) is 0 Å². The van der Waals surface area contributed by atoms with Crippen molar-refractivity contribution < 1.29 is 9.47 Å². The molecular weight excluding hydrogens is 210 g/mol. The third-order valence-electron chi connectivity index (χ3n) is 2.05. The van der Waals surface area contributed by atoms with Crippen LogP contribution in [0.5, 0.6) is 0 Å². The Hall–Kier alpha value is -1.21. The summed E-state index contributed by atoms with van der Waals surface area (Å²) in [5.74, 6) is 0.695. The fourth-order valence-corrected chi connectivity index (χ4v) is 1.15. The summed E-state index contributed by atoms with van der Waals surface area (Å²) >= 11 is 0. The molecule has 7 nitrogen and oxygen atoms in total. The second-order valence-electron chi connectivity index (χ2n) is 3.37. The maximum absolute atomic E-state index is 5.34. The van der Waals surface area contributed by atoms with Gasteiger partial charge < -0.3 is 14.8 Å². The minimum Gasteiger partial charge on any atom is -0.382 e. The van der Waals surface area contributed by atoms with Crippen LogP contribution in [-0.4, -0.2) is 53.7 Å². The first kappa shape index (κ1) is 12.9. The Morgan fingerprint density at radius 2 is 2.12 bits per heavy atom. The van der Waals surface area contributed by atoms with Crippen molar-refractivity contribution in [3.63, 3.8) is 0 Å². The predicted molar refractivity (Wildman–Crippen MR) is 59.2 cm³/mol. The lowest BCUT2D eigenvalue weighted by atomic mass is 10.3. The van der Waals surface area contributed by atoms with E-state index in [0.29, 0.717) is 19.2 Å². The number of ether oxygens (including phenoxy) is 2. The van der Waals surface area contributed by atoms with Crippen molar-refractivity contribution in [1.29, 1.82) is 0 Å². The van der Waals surface area contributed by atoms with Gasteiger partial charge in [-0.2, -0.15) is 0 Å². The molecule has 92 valence electrons. The number of methoxy groups -OCH3 is 1. The first-order valence-corrected chi connectivity index (χ1v) is 5.37. The van der Waals surface area contributed by atoms with E-state index in [1.54, 1.807) is 18.8 Å². The Balaban J connectivity index is 1.91. The third kappa shape index (κ3) is 5.04. The Labute approximate surface area is 95.1 Å². The SMILES string of the molecule is COCCOCCCCNc1nnnn1C. The van der Waals surface area contributed by atoms with Gasteiger partial charge in [0, 0.05) is 27.3 Å². The molecule has 0 atom stereocenters. The van der Waals surface area contributed by atoms with Crippen LogP contribution in [0, 0.1) is 0 Å². The largest absolute Gasteiger partial charge is 0.382 e. The number of nitrogens with zero attached hydrogens (tertiary/aromatic N) is 4. The molecular formula is C9H19N5O2. The molecule has 0 spiro atoms. The van der Waals surface area contributed by atoms with Crippen molar-refractivity contribution in [3.05, 3.63) is 0 Å². The lowest BCUT2D eigenvalue weighted by molar-refractivity contribution is 0.0691. The van der Waals surface area contributed by atoms with E-state index >= 15 is 0 Å². The maximum atomic E-state index is 5.34. The van der Waals surface area contributed by atoms with Crippen molar-refractivity contribution in [2.24, 2.45) is 7.05 Å². The number of unbranched alkanes of at least 4 members (excludes halogenated alkanes) is 1. The van der Waals surface area contributed by atoms with Crippen LogP contribution < -0.4 is 5.32 Å². The summed E-state index contributed by atoms with van der Waals surface area (Å²) in [5.41, 5.74) is 0. The van der Waals surface area contributed by atoms with Gasteiger partial charge in [-0.25, -0.2) is 4.68 Å². The third-order valence-corrected chi connectivity index (χ3v) is 2.05. The molecule has 7 heteroatoms. The summed E-state index contributed by atoms with van der Waals surface area (Å²) in [6.07, 6.45) is 2.04. The lowest BCUT2D eigenvalue weighted by Gasteiger charge is -2.04. The highest BCUT2D eigenvalue weighted by Crippen LogP contribution is 1.97. The molecule has 0 amide bonds. The average molecular weight is 229 g/mol. The molecule has 0 radical (unpaired) electrons. The first-order chi connectivity index (χ1) is 7.84. The van der Waals surface area contributed by atoms with Crippen molar-refractivity contribution in [1.82, 2.24) is 20.2 Å². The standard InChI is InChI=1S/C9H19N5O2/c1-14-9(11-12-13-14)10-5-3-4-6-16-8-7-15-2/h3-8H2,1-2H3,(H,10,11,13). The molecule has 0 aliphatic carbocycles. The van der Waals surface area contributed by atoms with Crippen LogP contribution in [0.1, 0.15) is 12.8 Å². The molecule has 0 fully saturated rings. The second-order valence-corrected chi connectivity index (χ2v) is 3.37. The van der Waals surface area contributed by atoms with Gasteiger partial charge in [0.25, 0.3) is 0 Å². The van der Waals surface area contributed by atoms with Crippen molar-refractivity contribution in [2.75, 3.05) is 38.8 Å². The molecule has 0 unspecified atom stereocenters. The molecule has 1 rings (SSSR count). The monoisotopic (exact) mass is 229 g/mol. The number of aryl methyl sites for hydroxylation is 1. The molecule has 0 aliphatic heterocycles. The zero-order chi connectivity index (χ0) is 11.6. The lowest BCUT2D eigenvalue weighted by Crippen LogP contribution is -2.09. The highest BCUT2D eigenvalue weighted by atomic mass is 16.5. The minimum absolute atomic E-state index is 0.656. The van der Waals surface area contributed by atoms with E-state index in [1.165, 1.54) is 0 Å². The number of aromatic nitrogens is 4. The number of anilines is 1. The Kier molecular flexibility index (Phi) is 6.43. The van der Waals surface area contributed by atoms with E-state index in [9.17, 15) is 0 Å². The first-order valence-electron chi connectivity index (χ1n) is 5.37. The van der Waals surface area contributed by atoms with E-state index in [4.69, 9.17) is 9.47 Å². The molecule has 1 heterocycles. The number of hydrogen-bond donors (Lipinski definition) is 1. The highest BCUT2D eigenvalue weighted by Gasteiger charge is 1.98. The summed E-state index contributed by atoms with van der Waals surface area (Å²) in [7, 11) is 3.47. The zero-order valence-electron chi connectivity index (χ0n) is 9.85. The molecule has 0 saturated heterocycles. The molecule has 1 N–H and O–H groups in total. The molecule has 16 heavy (non-hydrogen) atoms. The van der Waals surface area contributed by atoms with Crippen molar-refractivity contribution >= 4 is 5.95 Å². The second kappa shape index (κ2) is 8.00. The number of tetrazole rings is 1. The van der Waals surface area contributed by atoms with Gasteiger partial charge >= 0.3 is 0 Å². The van der Waals surface area contributed by atoms with Crippen molar-refractivity contribution in [3.8, 4) is 0 Å². The van der Waals surface area contributed by atoms with Gasteiger partial charge in [-0.15, -0.1) is 0 Å². The van der Waals surface area contributed by atoms with Crippen molar-refractivity contribution in [2.45, 2.75) is 12.8 Å². The number of rotatable bonds is 9. The topological polar surface area (TPSA) is 74.1 Å². The molecule has 1 aromatic heterocycles. The van der Waals surface area contributed by atoms with Gasteiger partial charge in [0.1, 0.15) is 0 Å². The molecule has 0 bridgehead atoms. The van der Waals surface area contributed by atoms with Crippen LogP contribution in [-0.2, 0) is 16.5 Å². The molecule has 0 aromatic carbocycles. The highest BCUT2D eigenvalue weighted by molar-refractivity contribution is 5.20. The number of hydrogen-bond acceptors (Lipinski definition) is 6. The fourth-order valence-electron chi connectivity index (χ4n) is 1.15. The average Bonchev–Trinajstić information content (AvgIpc) is 2.68. The molecule has 1 aromatic rings. The smallest absolute Gasteiger partial charge is 0.242 e. The Morgan fingerprint density at radius 1 is 1.25 bits per heavy atom. The minimum atomic E-state index is 0.656. The van der Waals surface area contributed by atoms with E-state index < -0.39 is 0 Å². The normalized spacial score (nSPS) is 10.6.